The Labute approximate surface area is 164 Å². The third-order valence-electron chi connectivity index (χ3n) is 5.65. The molecule has 0 spiro atoms. The Morgan fingerprint density at radius 3 is 2.75 bits per heavy atom. The van der Waals surface area contributed by atoms with Crippen molar-refractivity contribution < 1.29 is 19.2 Å². The van der Waals surface area contributed by atoms with E-state index in [-0.39, 0.29) is 17.1 Å². The number of hydrogen-bond acceptors (Lipinski definition) is 5. The molecule has 28 heavy (non-hydrogen) atoms. The number of aliphatic hydroxyl groups excluding tert-OH is 1. The van der Waals surface area contributed by atoms with E-state index in [1.165, 1.54) is 0 Å². The maximum atomic E-state index is 12.6. The molecule has 1 aliphatic heterocycles. The van der Waals surface area contributed by atoms with Gasteiger partial charge in [0.1, 0.15) is 0 Å². The first-order valence-corrected chi connectivity index (χ1v) is 9.89. The van der Waals surface area contributed by atoms with Crippen molar-refractivity contribution in [1.29, 1.82) is 0 Å². The van der Waals surface area contributed by atoms with Crippen LogP contribution >= 0.6 is 0 Å². The van der Waals surface area contributed by atoms with Crippen molar-refractivity contribution in [2.75, 3.05) is 13.1 Å². The number of carbonyl (C=O) groups excluding carboxylic acids is 2. The summed E-state index contributed by atoms with van der Waals surface area (Å²) < 4.78 is 5.50. The third kappa shape index (κ3) is 3.74. The molecule has 1 aromatic heterocycles. The van der Waals surface area contributed by atoms with Crippen molar-refractivity contribution in [2.45, 2.75) is 52.1 Å². The van der Waals surface area contributed by atoms with Crippen LogP contribution in [0.2, 0.25) is 0 Å². The molecule has 1 aromatic carbocycles. The summed E-state index contributed by atoms with van der Waals surface area (Å²) in [5.41, 5.74) is 2.89. The fourth-order valence-electron chi connectivity index (χ4n) is 4.23. The van der Waals surface area contributed by atoms with Crippen LogP contribution < -0.4 is 0 Å². The van der Waals surface area contributed by atoms with Gasteiger partial charge in [0.05, 0.1) is 17.4 Å². The first-order valence-electron chi connectivity index (χ1n) is 9.89. The number of likely N-dealkylation sites (tertiary alicyclic amines) is 1. The number of hydrogen-bond donors (Lipinski definition) is 1. The number of aliphatic hydroxyl groups is 1. The van der Waals surface area contributed by atoms with Gasteiger partial charge in [-0.05, 0) is 42.4 Å². The molecule has 1 aliphatic carbocycles. The third-order valence-corrected chi connectivity index (χ3v) is 5.65. The molecule has 0 unspecified atom stereocenters. The number of ketones is 1. The Balaban J connectivity index is 1.48. The standard InChI is InChI=1S/C22H26N2O4/c1-22(2)11-17-20(18(26)12-22)19(28-23-17)10-14-5-7-15(8-6-14)21(27)24-9-3-4-16(25)13-24/h5-8,16,25H,3-4,9-13H2,1-2H3/t16-/m0/s1. The summed E-state index contributed by atoms with van der Waals surface area (Å²) in [5.74, 6) is 0.645. The molecule has 6 heteroatoms. The van der Waals surface area contributed by atoms with Gasteiger partial charge in [0.25, 0.3) is 5.91 Å². The van der Waals surface area contributed by atoms with Gasteiger partial charge >= 0.3 is 0 Å². The number of aromatic nitrogens is 1. The number of piperidine rings is 1. The van der Waals surface area contributed by atoms with E-state index >= 15 is 0 Å². The van der Waals surface area contributed by atoms with E-state index in [1.54, 1.807) is 17.0 Å². The SMILES string of the molecule is CC1(C)CC(=O)c2c(noc2Cc2ccc(C(=O)N3CCC[C@H](O)C3)cc2)C1. The zero-order valence-corrected chi connectivity index (χ0v) is 16.4. The lowest BCUT2D eigenvalue weighted by Crippen LogP contribution is -2.42. The van der Waals surface area contributed by atoms with Gasteiger partial charge in [0.2, 0.25) is 0 Å². The largest absolute Gasteiger partial charge is 0.391 e. The molecule has 1 saturated heterocycles. The fraction of sp³-hybridized carbons (Fsp3) is 0.500. The van der Waals surface area contributed by atoms with E-state index < -0.39 is 6.10 Å². The van der Waals surface area contributed by atoms with Crippen LogP contribution in [-0.4, -0.2) is 46.0 Å². The number of fused-ring (bicyclic) bond motifs is 1. The Morgan fingerprint density at radius 1 is 1.29 bits per heavy atom. The van der Waals surface area contributed by atoms with Gasteiger partial charge in [0.15, 0.2) is 11.5 Å². The van der Waals surface area contributed by atoms with Crippen LogP contribution in [-0.2, 0) is 12.8 Å². The van der Waals surface area contributed by atoms with Gasteiger partial charge in [-0.3, -0.25) is 9.59 Å². The molecular formula is C22H26N2O4. The van der Waals surface area contributed by atoms with Crippen LogP contribution in [0.3, 0.4) is 0 Å². The maximum Gasteiger partial charge on any atom is 0.253 e. The molecule has 2 aromatic rings. The molecule has 6 nitrogen and oxygen atoms in total. The minimum Gasteiger partial charge on any atom is -0.391 e. The number of amides is 1. The van der Waals surface area contributed by atoms with Crippen LogP contribution in [0, 0.1) is 5.41 Å². The van der Waals surface area contributed by atoms with Gasteiger partial charge in [-0.1, -0.05) is 31.1 Å². The van der Waals surface area contributed by atoms with E-state index in [0.29, 0.717) is 42.8 Å². The average molecular weight is 382 g/mol. The van der Waals surface area contributed by atoms with Gasteiger partial charge in [-0.2, -0.15) is 0 Å². The zero-order chi connectivity index (χ0) is 19.9. The molecule has 0 saturated carbocycles. The van der Waals surface area contributed by atoms with Crippen molar-refractivity contribution in [3.8, 4) is 0 Å². The smallest absolute Gasteiger partial charge is 0.253 e. The first-order chi connectivity index (χ1) is 13.3. The summed E-state index contributed by atoms with van der Waals surface area (Å²) >= 11 is 0. The molecule has 2 heterocycles. The van der Waals surface area contributed by atoms with Crippen LogP contribution in [0.4, 0.5) is 0 Å². The molecule has 148 valence electrons. The van der Waals surface area contributed by atoms with Crippen molar-refractivity contribution in [2.24, 2.45) is 5.41 Å². The summed E-state index contributed by atoms with van der Waals surface area (Å²) in [6, 6.07) is 7.37. The lowest BCUT2D eigenvalue weighted by atomic mass is 9.75. The highest BCUT2D eigenvalue weighted by molar-refractivity contribution is 5.99. The quantitative estimate of drug-likeness (QED) is 0.882. The summed E-state index contributed by atoms with van der Waals surface area (Å²) in [6.07, 6.45) is 2.87. The van der Waals surface area contributed by atoms with E-state index in [1.807, 2.05) is 12.1 Å². The van der Waals surface area contributed by atoms with Gasteiger partial charge in [-0.15, -0.1) is 0 Å². The predicted octanol–water partition coefficient (Wildman–Crippen LogP) is 3.02. The second kappa shape index (κ2) is 7.17. The summed E-state index contributed by atoms with van der Waals surface area (Å²) in [6.45, 7) is 5.21. The molecule has 2 aliphatic rings. The molecule has 1 amide bonds. The molecule has 1 fully saturated rings. The van der Waals surface area contributed by atoms with Crippen LogP contribution in [0.15, 0.2) is 28.8 Å². The Bertz CT molecular complexity index is 898. The topological polar surface area (TPSA) is 83.6 Å². The predicted molar refractivity (Wildman–Crippen MR) is 103 cm³/mol. The number of Topliss-reactive ketones (excluding diaryl/α,β-unsaturated/α-hetero) is 1. The highest BCUT2D eigenvalue weighted by Crippen LogP contribution is 2.36. The molecule has 1 N–H and O–H groups in total. The molecular weight excluding hydrogens is 356 g/mol. The normalized spacial score (nSPS) is 21.5. The summed E-state index contributed by atoms with van der Waals surface area (Å²) in [7, 11) is 0. The van der Waals surface area contributed by atoms with Crippen molar-refractivity contribution in [3.05, 3.63) is 52.4 Å². The zero-order valence-electron chi connectivity index (χ0n) is 16.4. The average Bonchev–Trinajstić information content (AvgIpc) is 3.03. The van der Waals surface area contributed by atoms with Crippen LogP contribution in [0.1, 0.15) is 70.8 Å². The second-order valence-corrected chi connectivity index (χ2v) is 8.79. The van der Waals surface area contributed by atoms with Crippen LogP contribution in [0.25, 0.3) is 0 Å². The number of nitrogens with zero attached hydrogens (tertiary/aromatic N) is 2. The number of carbonyl (C=O) groups is 2. The highest BCUT2D eigenvalue weighted by Gasteiger charge is 2.36. The number of β-amino-alcohol motifs (C(OH)–C–C–N with tert-alkyl or cyclic N) is 1. The highest BCUT2D eigenvalue weighted by atomic mass is 16.5. The van der Waals surface area contributed by atoms with Crippen molar-refractivity contribution in [1.82, 2.24) is 10.1 Å². The Hall–Kier alpha value is -2.47. The van der Waals surface area contributed by atoms with Gasteiger partial charge in [-0.25, -0.2) is 0 Å². The lowest BCUT2D eigenvalue weighted by Gasteiger charge is -2.30. The first kappa shape index (κ1) is 18.9. The monoisotopic (exact) mass is 382 g/mol. The molecule has 1 atom stereocenters. The summed E-state index contributed by atoms with van der Waals surface area (Å²) in [4.78, 5) is 26.9. The number of rotatable bonds is 3. The molecule has 0 bridgehead atoms. The van der Waals surface area contributed by atoms with E-state index in [9.17, 15) is 14.7 Å². The van der Waals surface area contributed by atoms with Crippen molar-refractivity contribution in [3.63, 3.8) is 0 Å². The van der Waals surface area contributed by atoms with E-state index in [0.717, 1.165) is 30.5 Å². The van der Waals surface area contributed by atoms with Crippen LogP contribution in [0.5, 0.6) is 0 Å². The van der Waals surface area contributed by atoms with E-state index in [2.05, 4.69) is 19.0 Å². The van der Waals surface area contributed by atoms with Gasteiger partial charge < -0.3 is 14.5 Å². The van der Waals surface area contributed by atoms with Crippen molar-refractivity contribution >= 4 is 11.7 Å². The molecule has 4 rings (SSSR count). The minimum atomic E-state index is -0.433. The Morgan fingerprint density at radius 2 is 2.04 bits per heavy atom. The molecule has 0 radical (unpaired) electrons. The minimum absolute atomic E-state index is 0.0558. The lowest BCUT2D eigenvalue weighted by molar-refractivity contribution is 0.0473. The van der Waals surface area contributed by atoms with Gasteiger partial charge in [0, 0.05) is 31.5 Å². The Kier molecular flexibility index (Phi) is 4.83. The summed E-state index contributed by atoms with van der Waals surface area (Å²) in [5, 5.41) is 13.9. The fourth-order valence-corrected chi connectivity index (χ4v) is 4.23. The van der Waals surface area contributed by atoms with E-state index in [4.69, 9.17) is 4.52 Å². The maximum absolute atomic E-state index is 12.6. The second-order valence-electron chi connectivity index (χ2n) is 8.79. The number of benzene rings is 1.